The second-order valence-electron chi connectivity index (χ2n) is 8.82. The summed E-state index contributed by atoms with van der Waals surface area (Å²) in [5.41, 5.74) is 2.47. The lowest BCUT2D eigenvalue weighted by atomic mass is 9.70. The minimum Gasteiger partial charge on any atom is -0.393 e. The fourth-order valence-corrected chi connectivity index (χ4v) is 4.83. The Hall–Kier alpha value is -1.71. The summed E-state index contributed by atoms with van der Waals surface area (Å²) in [6.07, 6.45) is 6.72. The van der Waals surface area contributed by atoms with E-state index in [-0.39, 0.29) is 23.6 Å². The average Bonchev–Trinajstić information content (AvgIpc) is 2.66. The third kappa shape index (κ3) is 4.59. The van der Waals surface area contributed by atoms with Crippen LogP contribution in [0, 0.1) is 11.8 Å². The summed E-state index contributed by atoms with van der Waals surface area (Å²) in [7, 11) is 0. The molecular formula is C24H34N2O. The van der Waals surface area contributed by atoms with Gasteiger partial charge in [0.2, 0.25) is 0 Å². The zero-order valence-corrected chi connectivity index (χ0v) is 17.2. The molecule has 3 heteroatoms. The van der Waals surface area contributed by atoms with Gasteiger partial charge in [0.25, 0.3) is 0 Å². The Kier molecular flexibility index (Phi) is 6.33. The normalized spacial score (nSPS) is 24.7. The predicted octanol–water partition coefficient (Wildman–Crippen LogP) is 5.22. The van der Waals surface area contributed by atoms with Gasteiger partial charge < -0.3 is 5.11 Å². The Labute approximate surface area is 164 Å². The molecule has 3 rings (SSSR count). The van der Waals surface area contributed by atoms with Crippen LogP contribution in [-0.2, 0) is 6.54 Å². The molecule has 1 aliphatic rings. The second-order valence-corrected chi connectivity index (χ2v) is 8.82. The fourth-order valence-electron chi connectivity index (χ4n) is 4.83. The SMILES string of the molecule is C[C@@H]1CC[C@@H](C(C)(C)N(Cc2ccccc2)[C@H](C)c2ccncc2)[C@H](O)C1. The molecule has 0 aliphatic heterocycles. The lowest BCUT2D eigenvalue weighted by Crippen LogP contribution is -2.54. The largest absolute Gasteiger partial charge is 0.393 e. The van der Waals surface area contributed by atoms with Crippen molar-refractivity contribution in [1.29, 1.82) is 0 Å². The summed E-state index contributed by atoms with van der Waals surface area (Å²) in [6.45, 7) is 10.0. The van der Waals surface area contributed by atoms with Crippen LogP contribution in [0.5, 0.6) is 0 Å². The summed E-state index contributed by atoms with van der Waals surface area (Å²) in [5, 5.41) is 10.9. The second kappa shape index (κ2) is 8.53. The summed E-state index contributed by atoms with van der Waals surface area (Å²) in [4.78, 5) is 6.76. The van der Waals surface area contributed by atoms with E-state index in [4.69, 9.17) is 0 Å². The first-order valence-corrected chi connectivity index (χ1v) is 10.3. The summed E-state index contributed by atoms with van der Waals surface area (Å²) in [6, 6.07) is 15.1. The molecule has 1 saturated carbocycles. The number of aliphatic hydroxyl groups is 1. The van der Waals surface area contributed by atoms with Crippen LogP contribution in [0.4, 0.5) is 0 Å². The molecule has 0 unspecified atom stereocenters. The van der Waals surface area contributed by atoms with Gasteiger partial charge in [-0.2, -0.15) is 0 Å². The molecule has 1 fully saturated rings. The Bertz CT molecular complexity index is 701. The predicted molar refractivity (Wildman–Crippen MR) is 111 cm³/mol. The van der Waals surface area contributed by atoms with Gasteiger partial charge in [0.1, 0.15) is 0 Å². The number of hydrogen-bond acceptors (Lipinski definition) is 3. The van der Waals surface area contributed by atoms with Gasteiger partial charge in [-0.25, -0.2) is 0 Å². The number of pyridine rings is 1. The standard InChI is InChI=1S/C24H34N2O/c1-18-10-11-22(23(27)16-18)24(3,4)26(17-20-8-6-5-7-9-20)19(2)21-12-14-25-15-13-21/h5-9,12-15,18-19,22-23,27H,10-11,16-17H2,1-4H3/t18-,19-,22-,23-/m1/s1. The van der Waals surface area contributed by atoms with Gasteiger partial charge in [-0.1, -0.05) is 43.7 Å². The molecular weight excluding hydrogens is 332 g/mol. The molecule has 0 amide bonds. The molecule has 1 heterocycles. The van der Waals surface area contributed by atoms with Crippen molar-refractivity contribution in [3.8, 4) is 0 Å². The van der Waals surface area contributed by atoms with E-state index in [0.29, 0.717) is 5.92 Å². The van der Waals surface area contributed by atoms with Crippen molar-refractivity contribution in [2.75, 3.05) is 0 Å². The van der Waals surface area contributed by atoms with Crippen LogP contribution in [0.1, 0.15) is 64.1 Å². The zero-order chi connectivity index (χ0) is 19.4. The minimum atomic E-state index is -0.230. The van der Waals surface area contributed by atoms with Crippen LogP contribution in [-0.4, -0.2) is 26.6 Å². The average molecular weight is 367 g/mol. The van der Waals surface area contributed by atoms with Gasteiger partial charge in [0.05, 0.1) is 6.10 Å². The van der Waals surface area contributed by atoms with E-state index in [2.05, 4.69) is 80.0 Å². The number of hydrogen-bond donors (Lipinski definition) is 1. The molecule has 0 radical (unpaired) electrons. The Balaban J connectivity index is 1.92. The quantitative estimate of drug-likeness (QED) is 0.761. The van der Waals surface area contributed by atoms with Crippen LogP contribution < -0.4 is 0 Å². The van der Waals surface area contributed by atoms with E-state index >= 15 is 0 Å². The summed E-state index contributed by atoms with van der Waals surface area (Å²) in [5.74, 6) is 0.897. The van der Waals surface area contributed by atoms with E-state index in [1.54, 1.807) is 0 Å². The fraction of sp³-hybridized carbons (Fsp3) is 0.542. The van der Waals surface area contributed by atoms with Gasteiger partial charge in [-0.05, 0) is 62.8 Å². The third-order valence-corrected chi connectivity index (χ3v) is 6.58. The van der Waals surface area contributed by atoms with Crippen molar-refractivity contribution in [1.82, 2.24) is 9.88 Å². The number of nitrogens with zero attached hydrogens (tertiary/aromatic N) is 2. The van der Waals surface area contributed by atoms with Crippen molar-refractivity contribution in [3.05, 3.63) is 66.0 Å². The zero-order valence-electron chi connectivity index (χ0n) is 17.2. The first-order valence-electron chi connectivity index (χ1n) is 10.3. The van der Waals surface area contributed by atoms with Crippen LogP contribution in [0.15, 0.2) is 54.9 Å². The molecule has 0 bridgehead atoms. The van der Waals surface area contributed by atoms with Gasteiger partial charge in [-0.3, -0.25) is 9.88 Å². The number of rotatable bonds is 6. The highest BCUT2D eigenvalue weighted by atomic mass is 16.3. The van der Waals surface area contributed by atoms with Gasteiger partial charge >= 0.3 is 0 Å². The van der Waals surface area contributed by atoms with E-state index in [1.807, 2.05) is 12.4 Å². The van der Waals surface area contributed by atoms with E-state index in [0.717, 1.165) is 19.4 Å². The minimum absolute atomic E-state index is 0.113. The number of aromatic nitrogens is 1. The molecule has 1 N–H and O–H groups in total. The molecule has 1 aromatic carbocycles. The van der Waals surface area contributed by atoms with Gasteiger partial charge in [0, 0.05) is 36.4 Å². The lowest BCUT2D eigenvalue weighted by Gasteiger charge is -2.51. The van der Waals surface area contributed by atoms with Crippen molar-refractivity contribution < 1.29 is 5.11 Å². The van der Waals surface area contributed by atoms with Gasteiger partial charge in [0.15, 0.2) is 0 Å². The molecule has 27 heavy (non-hydrogen) atoms. The molecule has 0 saturated heterocycles. The molecule has 0 spiro atoms. The van der Waals surface area contributed by atoms with Crippen molar-refractivity contribution in [3.63, 3.8) is 0 Å². The molecule has 146 valence electrons. The Morgan fingerprint density at radius 2 is 1.78 bits per heavy atom. The van der Waals surface area contributed by atoms with Crippen LogP contribution in [0.2, 0.25) is 0 Å². The maximum Gasteiger partial charge on any atom is 0.0588 e. The van der Waals surface area contributed by atoms with Crippen molar-refractivity contribution >= 4 is 0 Å². The van der Waals surface area contributed by atoms with Crippen LogP contribution in [0.25, 0.3) is 0 Å². The topological polar surface area (TPSA) is 36.4 Å². The maximum atomic E-state index is 10.9. The maximum absolute atomic E-state index is 10.9. The number of benzene rings is 1. The van der Waals surface area contributed by atoms with Crippen LogP contribution >= 0.6 is 0 Å². The van der Waals surface area contributed by atoms with Gasteiger partial charge in [-0.15, -0.1) is 0 Å². The van der Waals surface area contributed by atoms with E-state index < -0.39 is 0 Å². The first-order chi connectivity index (χ1) is 12.9. The van der Waals surface area contributed by atoms with Crippen LogP contribution in [0.3, 0.4) is 0 Å². The highest BCUT2D eigenvalue weighted by Gasteiger charge is 2.43. The highest BCUT2D eigenvalue weighted by molar-refractivity contribution is 5.19. The molecule has 4 atom stereocenters. The van der Waals surface area contributed by atoms with Crippen molar-refractivity contribution in [2.24, 2.45) is 11.8 Å². The monoisotopic (exact) mass is 366 g/mol. The summed E-state index contributed by atoms with van der Waals surface area (Å²) >= 11 is 0. The smallest absolute Gasteiger partial charge is 0.0588 e. The Morgan fingerprint density at radius 1 is 1.11 bits per heavy atom. The highest BCUT2D eigenvalue weighted by Crippen LogP contribution is 2.42. The third-order valence-electron chi connectivity index (χ3n) is 6.58. The van der Waals surface area contributed by atoms with Crippen molar-refractivity contribution in [2.45, 2.75) is 71.2 Å². The Morgan fingerprint density at radius 3 is 2.41 bits per heavy atom. The number of aliphatic hydroxyl groups excluding tert-OH is 1. The summed E-state index contributed by atoms with van der Waals surface area (Å²) < 4.78 is 0. The molecule has 2 aromatic rings. The first kappa shape index (κ1) is 20.0. The van der Waals surface area contributed by atoms with E-state index in [9.17, 15) is 5.11 Å². The molecule has 1 aromatic heterocycles. The lowest BCUT2D eigenvalue weighted by molar-refractivity contribution is -0.0624. The molecule has 3 nitrogen and oxygen atoms in total. The van der Waals surface area contributed by atoms with E-state index in [1.165, 1.54) is 17.5 Å². The molecule has 1 aliphatic carbocycles.